The summed E-state index contributed by atoms with van der Waals surface area (Å²) >= 11 is 0. The largest absolute Gasteiger partial charge is 0.340 e. The molecule has 1 aromatic heterocycles. The molecule has 5 nitrogen and oxygen atoms in total. The summed E-state index contributed by atoms with van der Waals surface area (Å²) < 4.78 is 0. The molecule has 3 rings (SSSR count). The minimum Gasteiger partial charge on any atom is -0.340 e. The van der Waals surface area contributed by atoms with Crippen LogP contribution < -0.4 is 10.6 Å². The number of amides is 1. The Kier molecular flexibility index (Phi) is 4.75. The molecule has 0 aliphatic heterocycles. The van der Waals surface area contributed by atoms with Crippen molar-refractivity contribution in [2.45, 2.75) is 20.8 Å². The highest BCUT2D eigenvalue weighted by Gasteiger charge is 2.12. The highest BCUT2D eigenvalue weighted by atomic mass is 16.1. The predicted molar refractivity (Wildman–Crippen MR) is 100 cm³/mol. The van der Waals surface area contributed by atoms with Crippen LogP contribution in [-0.4, -0.2) is 15.9 Å². The second-order valence-corrected chi connectivity index (χ2v) is 5.95. The van der Waals surface area contributed by atoms with Crippen LogP contribution in [-0.2, 0) is 0 Å². The monoisotopic (exact) mass is 332 g/mol. The lowest BCUT2D eigenvalue weighted by atomic mass is 10.1. The summed E-state index contributed by atoms with van der Waals surface area (Å²) in [4.78, 5) is 21.2. The van der Waals surface area contributed by atoms with Crippen LogP contribution in [0, 0.1) is 20.8 Å². The van der Waals surface area contributed by atoms with Gasteiger partial charge in [0.1, 0.15) is 17.3 Å². The molecule has 0 atom stereocenters. The standard InChI is InChI=1S/C20H20N4O/c1-13-9-10-14(2)17(11-13)24-20(25)18-12-19(22-15(3)21-18)23-16-7-5-4-6-8-16/h4-12H,1-3H3,(H,24,25)(H,21,22,23). The lowest BCUT2D eigenvalue weighted by molar-refractivity contribution is 0.102. The van der Waals surface area contributed by atoms with Gasteiger partial charge in [0.2, 0.25) is 0 Å². The van der Waals surface area contributed by atoms with Crippen LogP contribution in [0.1, 0.15) is 27.4 Å². The Labute approximate surface area is 147 Å². The topological polar surface area (TPSA) is 66.9 Å². The number of rotatable bonds is 4. The number of carbonyl (C=O) groups is 1. The van der Waals surface area contributed by atoms with Crippen LogP contribution >= 0.6 is 0 Å². The van der Waals surface area contributed by atoms with Gasteiger partial charge in [0.05, 0.1) is 0 Å². The van der Waals surface area contributed by atoms with E-state index in [1.165, 1.54) is 0 Å². The Morgan fingerprint density at radius 1 is 0.920 bits per heavy atom. The maximum atomic E-state index is 12.6. The number of benzene rings is 2. The fourth-order valence-electron chi connectivity index (χ4n) is 2.47. The van der Waals surface area contributed by atoms with Gasteiger partial charge in [0.15, 0.2) is 0 Å². The van der Waals surface area contributed by atoms with E-state index in [2.05, 4.69) is 20.6 Å². The van der Waals surface area contributed by atoms with Gasteiger partial charge in [-0.25, -0.2) is 9.97 Å². The molecule has 2 aromatic carbocycles. The van der Waals surface area contributed by atoms with E-state index in [0.29, 0.717) is 17.3 Å². The van der Waals surface area contributed by atoms with Crippen molar-refractivity contribution in [3.05, 3.63) is 77.2 Å². The first-order valence-corrected chi connectivity index (χ1v) is 8.07. The van der Waals surface area contributed by atoms with Crippen LogP contribution in [0.4, 0.5) is 17.2 Å². The van der Waals surface area contributed by atoms with Crippen LogP contribution in [0.3, 0.4) is 0 Å². The van der Waals surface area contributed by atoms with Crippen molar-refractivity contribution in [1.82, 2.24) is 9.97 Å². The van der Waals surface area contributed by atoms with Gasteiger partial charge in [-0.05, 0) is 50.1 Å². The molecule has 5 heteroatoms. The molecule has 3 aromatic rings. The summed E-state index contributed by atoms with van der Waals surface area (Å²) in [5.74, 6) is 0.868. The van der Waals surface area contributed by atoms with Crippen molar-refractivity contribution in [2.24, 2.45) is 0 Å². The molecular weight excluding hydrogens is 312 g/mol. The minimum absolute atomic E-state index is 0.254. The summed E-state index contributed by atoms with van der Waals surface area (Å²) in [6.45, 7) is 5.72. The smallest absolute Gasteiger partial charge is 0.274 e. The van der Waals surface area contributed by atoms with Crippen molar-refractivity contribution in [3.8, 4) is 0 Å². The predicted octanol–water partition coefficient (Wildman–Crippen LogP) is 4.40. The number of aryl methyl sites for hydroxylation is 3. The van der Waals surface area contributed by atoms with E-state index < -0.39 is 0 Å². The molecule has 0 bridgehead atoms. The van der Waals surface area contributed by atoms with Crippen molar-refractivity contribution >= 4 is 23.1 Å². The van der Waals surface area contributed by atoms with Gasteiger partial charge in [0.25, 0.3) is 5.91 Å². The van der Waals surface area contributed by atoms with Gasteiger partial charge >= 0.3 is 0 Å². The maximum Gasteiger partial charge on any atom is 0.274 e. The zero-order chi connectivity index (χ0) is 17.8. The van der Waals surface area contributed by atoms with Crippen LogP contribution in [0.25, 0.3) is 0 Å². The molecule has 2 N–H and O–H groups in total. The highest BCUT2D eigenvalue weighted by molar-refractivity contribution is 6.03. The van der Waals surface area contributed by atoms with E-state index in [9.17, 15) is 4.79 Å². The van der Waals surface area contributed by atoms with Crippen LogP contribution in [0.15, 0.2) is 54.6 Å². The molecule has 126 valence electrons. The van der Waals surface area contributed by atoms with E-state index in [1.807, 2.05) is 62.4 Å². The molecular formula is C20H20N4O. The second-order valence-electron chi connectivity index (χ2n) is 5.95. The van der Waals surface area contributed by atoms with Gasteiger partial charge in [-0.15, -0.1) is 0 Å². The number of hydrogen-bond donors (Lipinski definition) is 2. The Morgan fingerprint density at radius 2 is 1.68 bits per heavy atom. The first kappa shape index (κ1) is 16.6. The zero-order valence-corrected chi connectivity index (χ0v) is 14.5. The lowest BCUT2D eigenvalue weighted by Gasteiger charge is -2.11. The Hall–Kier alpha value is -3.21. The highest BCUT2D eigenvalue weighted by Crippen LogP contribution is 2.19. The molecule has 0 fully saturated rings. The van der Waals surface area contributed by atoms with Gasteiger partial charge in [-0.2, -0.15) is 0 Å². The first-order valence-electron chi connectivity index (χ1n) is 8.07. The number of nitrogens with one attached hydrogen (secondary N) is 2. The Balaban J connectivity index is 1.84. The number of para-hydroxylation sites is 1. The van der Waals surface area contributed by atoms with E-state index in [4.69, 9.17) is 0 Å². The van der Waals surface area contributed by atoms with Crippen LogP contribution in [0.2, 0.25) is 0 Å². The lowest BCUT2D eigenvalue weighted by Crippen LogP contribution is -2.16. The maximum absolute atomic E-state index is 12.6. The number of aromatic nitrogens is 2. The normalized spacial score (nSPS) is 10.4. The summed E-state index contributed by atoms with van der Waals surface area (Å²) in [5.41, 5.74) is 4.12. The molecule has 1 amide bonds. The van der Waals surface area contributed by atoms with Crippen LogP contribution in [0.5, 0.6) is 0 Å². The van der Waals surface area contributed by atoms with Gasteiger partial charge in [-0.1, -0.05) is 30.3 Å². The molecule has 0 saturated heterocycles. The minimum atomic E-state index is -0.254. The average molecular weight is 332 g/mol. The fourth-order valence-corrected chi connectivity index (χ4v) is 2.47. The summed E-state index contributed by atoms with van der Waals surface area (Å²) in [7, 11) is 0. The number of hydrogen-bond acceptors (Lipinski definition) is 4. The zero-order valence-electron chi connectivity index (χ0n) is 14.5. The molecule has 0 aliphatic rings. The molecule has 0 spiro atoms. The van der Waals surface area contributed by atoms with Crippen molar-refractivity contribution < 1.29 is 4.79 Å². The van der Waals surface area contributed by atoms with Gasteiger partial charge < -0.3 is 10.6 Å². The molecule has 0 saturated carbocycles. The SMILES string of the molecule is Cc1ccc(C)c(NC(=O)c2cc(Nc3ccccc3)nc(C)n2)c1. The summed E-state index contributed by atoms with van der Waals surface area (Å²) in [5, 5.41) is 6.12. The molecule has 0 aliphatic carbocycles. The number of carbonyl (C=O) groups excluding carboxylic acids is 1. The van der Waals surface area contributed by atoms with Crippen molar-refractivity contribution in [2.75, 3.05) is 10.6 Å². The van der Waals surface area contributed by atoms with Gasteiger partial charge in [0, 0.05) is 17.4 Å². The quantitative estimate of drug-likeness (QED) is 0.743. The molecule has 0 radical (unpaired) electrons. The average Bonchev–Trinajstić information content (AvgIpc) is 2.58. The second kappa shape index (κ2) is 7.13. The third kappa shape index (κ3) is 4.20. The molecule has 25 heavy (non-hydrogen) atoms. The summed E-state index contributed by atoms with van der Waals surface area (Å²) in [6, 6.07) is 17.3. The fraction of sp³-hybridized carbons (Fsp3) is 0.150. The Morgan fingerprint density at radius 3 is 2.44 bits per heavy atom. The Bertz CT molecular complexity index is 907. The van der Waals surface area contributed by atoms with Crippen molar-refractivity contribution in [3.63, 3.8) is 0 Å². The number of nitrogens with zero attached hydrogens (tertiary/aromatic N) is 2. The summed E-state index contributed by atoms with van der Waals surface area (Å²) in [6.07, 6.45) is 0. The van der Waals surface area contributed by atoms with Gasteiger partial charge in [-0.3, -0.25) is 4.79 Å². The third-order valence-electron chi connectivity index (χ3n) is 3.76. The van der Waals surface area contributed by atoms with E-state index in [-0.39, 0.29) is 5.91 Å². The number of anilines is 3. The van der Waals surface area contributed by atoms with E-state index >= 15 is 0 Å². The van der Waals surface area contributed by atoms with Crippen molar-refractivity contribution in [1.29, 1.82) is 0 Å². The third-order valence-corrected chi connectivity index (χ3v) is 3.76. The van der Waals surface area contributed by atoms with E-state index in [1.54, 1.807) is 13.0 Å². The first-order chi connectivity index (χ1) is 12.0. The molecule has 0 unspecified atom stereocenters. The van der Waals surface area contributed by atoms with E-state index in [0.717, 1.165) is 22.5 Å². The molecule has 1 heterocycles.